The summed E-state index contributed by atoms with van der Waals surface area (Å²) < 4.78 is 7.64. The van der Waals surface area contributed by atoms with Crippen molar-refractivity contribution in [1.82, 2.24) is 14.5 Å². The molecule has 4 aromatic rings. The molecule has 0 radical (unpaired) electrons. The zero-order valence-corrected chi connectivity index (χ0v) is 24.4. The van der Waals surface area contributed by atoms with Crippen LogP contribution in [0, 0.1) is 0 Å². The fourth-order valence-corrected chi connectivity index (χ4v) is 4.99. The summed E-state index contributed by atoms with van der Waals surface area (Å²) in [7, 11) is 2.10. The van der Waals surface area contributed by atoms with Crippen LogP contribution in [0.1, 0.15) is 33.6 Å². The molecule has 0 spiro atoms. The SMILES string of the molecule is CN1CCC(OCCn2cccc(-c3ccc(C(=O)Nc4c(O)cccc4C(=O)Nc4ccc(Cl)cn4)cc3)c2=O)CC1. The molecule has 222 valence electrons. The fourth-order valence-electron chi connectivity index (χ4n) is 4.88. The van der Waals surface area contributed by atoms with E-state index < -0.39 is 11.8 Å². The van der Waals surface area contributed by atoms with Gasteiger partial charge in [0.15, 0.2) is 0 Å². The van der Waals surface area contributed by atoms with Crippen molar-refractivity contribution in [2.75, 3.05) is 37.4 Å². The number of hydrogen-bond acceptors (Lipinski definition) is 7. The predicted octanol–water partition coefficient (Wildman–Crippen LogP) is 4.88. The number of rotatable bonds is 9. The molecule has 0 bridgehead atoms. The number of halogens is 1. The molecule has 10 nitrogen and oxygen atoms in total. The Morgan fingerprint density at radius 1 is 1.00 bits per heavy atom. The van der Waals surface area contributed by atoms with E-state index in [9.17, 15) is 19.5 Å². The lowest BCUT2D eigenvalue weighted by atomic mass is 10.0. The molecule has 0 atom stereocenters. The summed E-state index contributed by atoms with van der Waals surface area (Å²) >= 11 is 5.85. The number of nitrogens with one attached hydrogen (secondary N) is 2. The van der Waals surface area contributed by atoms with Crippen LogP contribution in [0.25, 0.3) is 11.1 Å². The van der Waals surface area contributed by atoms with Crippen molar-refractivity contribution in [2.24, 2.45) is 0 Å². The number of carbonyl (C=O) groups excluding carboxylic acids is 2. The Morgan fingerprint density at radius 2 is 1.77 bits per heavy atom. The summed E-state index contributed by atoms with van der Waals surface area (Å²) in [5.74, 6) is -1.13. The van der Waals surface area contributed by atoms with Gasteiger partial charge in [0.05, 0.1) is 29.0 Å². The first-order chi connectivity index (χ1) is 20.8. The van der Waals surface area contributed by atoms with E-state index in [-0.39, 0.29) is 40.0 Å². The van der Waals surface area contributed by atoms with E-state index in [0.29, 0.717) is 29.3 Å². The molecule has 0 saturated carbocycles. The van der Waals surface area contributed by atoms with Gasteiger partial charge in [-0.05, 0) is 74.0 Å². The second kappa shape index (κ2) is 13.6. The Hall–Kier alpha value is -4.51. The quantitative estimate of drug-likeness (QED) is 0.233. The molecule has 0 aliphatic carbocycles. The number of anilines is 2. The van der Waals surface area contributed by atoms with Crippen molar-refractivity contribution in [1.29, 1.82) is 0 Å². The van der Waals surface area contributed by atoms with Crippen molar-refractivity contribution in [2.45, 2.75) is 25.5 Å². The summed E-state index contributed by atoms with van der Waals surface area (Å²) in [6, 6.07) is 17.6. The van der Waals surface area contributed by atoms with Crippen LogP contribution in [-0.2, 0) is 11.3 Å². The Kier molecular flexibility index (Phi) is 9.51. The molecule has 11 heteroatoms. The molecule has 1 aliphatic rings. The van der Waals surface area contributed by atoms with Crippen molar-refractivity contribution in [3.8, 4) is 16.9 Å². The number of amides is 2. The first kappa shape index (κ1) is 30.0. The highest BCUT2D eigenvalue weighted by molar-refractivity contribution is 6.30. The number of para-hydroxylation sites is 1. The van der Waals surface area contributed by atoms with Crippen LogP contribution in [0.4, 0.5) is 11.5 Å². The Morgan fingerprint density at radius 3 is 2.49 bits per heavy atom. The van der Waals surface area contributed by atoms with Gasteiger partial charge in [0.1, 0.15) is 11.6 Å². The van der Waals surface area contributed by atoms with E-state index in [1.165, 1.54) is 30.5 Å². The Labute approximate surface area is 253 Å². The van der Waals surface area contributed by atoms with Gasteiger partial charge in [-0.3, -0.25) is 14.4 Å². The lowest BCUT2D eigenvalue weighted by Gasteiger charge is -2.28. The molecule has 2 aromatic carbocycles. The van der Waals surface area contributed by atoms with E-state index >= 15 is 0 Å². The number of carbonyl (C=O) groups is 2. The third-order valence-corrected chi connectivity index (χ3v) is 7.55. The van der Waals surface area contributed by atoms with Gasteiger partial charge in [-0.1, -0.05) is 29.8 Å². The number of nitrogens with zero attached hydrogens (tertiary/aromatic N) is 3. The standard InChI is InChI=1S/C32H32ClN5O5/c1-37-16-13-24(14-17-37)43-19-18-38-15-3-5-25(32(38)42)21-7-9-22(10-8-21)30(40)36-29-26(4-2-6-27(29)39)31(41)35-28-12-11-23(33)20-34-28/h2-12,15,20,24,39H,13-14,16-19H2,1H3,(H,36,40)(H,34,35,41). The second-order valence-corrected chi connectivity index (χ2v) is 10.8. The number of piperidine rings is 1. The van der Waals surface area contributed by atoms with Crippen molar-refractivity contribution < 1.29 is 19.4 Å². The number of pyridine rings is 2. The molecule has 2 aromatic heterocycles. The number of ether oxygens (including phenoxy) is 1. The summed E-state index contributed by atoms with van der Waals surface area (Å²) in [4.78, 5) is 45.5. The Balaban J connectivity index is 1.25. The van der Waals surface area contributed by atoms with E-state index in [4.69, 9.17) is 16.3 Å². The molecule has 5 rings (SSSR count). The molecule has 0 unspecified atom stereocenters. The Bertz CT molecular complexity index is 1650. The molecule has 43 heavy (non-hydrogen) atoms. The van der Waals surface area contributed by atoms with Gasteiger partial charge in [0.2, 0.25) is 0 Å². The van der Waals surface area contributed by atoms with E-state index in [2.05, 4.69) is 27.6 Å². The minimum Gasteiger partial charge on any atom is -0.506 e. The second-order valence-electron chi connectivity index (χ2n) is 10.3. The third kappa shape index (κ3) is 7.47. The maximum atomic E-state index is 13.2. The number of phenolic OH excluding ortho intramolecular Hbond substituents is 1. The number of aromatic hydroxyl groups is 1. The van der Waals surface area contributed by atoms with Gasteiger partial charge in [-0.25, -0.2) is 4.98 Å². The lowest BCUT2D eigenvalue weighted by molar-refractivity contribution is 0.00859. The average Bonchev–Trinajstić information content (AvgIpc) is 3.01. The van der Waals surface area contributed by atoms with Gasteiger partial charge < -0.3 is 29.9 Å². The molecular weight excluding hydrogens is 570 g/mol. The lowest BCUT2D eigenvalue weighted by Crippen LogP contribution is -2.35. The highest BCUT2D eigenvalue weighted by Crippen LogP contribution is 2.29. The summed E-state index contributed by atoms with van der Waals surface area (Å²) in [5, 5.41) is 16.1. The third-order valence-electron chi connectivity index (χ3n) is 7.32. The minimum absolute atomic E-state index is 0.0450. The fraction of sp³-hybridized carbons (Fsp3) is 0.250. The largest absolute Gasteiger partial charge is 0.506 e. The van der Waals surface area contributed by atoms with Gasteiger partial charge >= 0.3 is 0 Å². The first-order valence-electron chi connectivity index (χ1n) is 13.9. The van der Waals surface area contributed by atoms with Crippen LogP contribution in [-0.4, -0.2) is 64.2 Å². The van der Waals surface area contributed by atoms with Crippen molar-refractivity contribution in [3.05, 3.63) is 106 Å². The van der Waals surface area contributed by atoms with Gasteiger partial charge in [0, 0.05) is 43.2 Å². The van der Waals surface area contributed by atoms with E-state index in [1.54, 1.807) is 47.2 Å². The van der Waals surface area contributed by atoms with Gasteiger partial charge in [0.25, 0.3) is 17.4 Å². The van der Waals surface area contributed by atoms with Crippen LogP contribution in [0.2, 0.25) is 5.02 Å². The number of aromatic nitrogens is 2. The maximum absolute atomic E-state index is 13.2. The van der Waals surface area contributed by atoms with Crippen LogP contribution in [0.15, 0.2) is 83.9 Å². The van der Waals surface area contributed by atoms with Crippen LogP contribution in [0.3, 0.4) is 0 Å². The zero-order chi connectivity index (χ0) is 30.3. The number of likely N-dealkylation sites (tertiary alicyclic amines) is 1. The highest BCUT2D eigenvalue weighted by Gasteiger charge is 2.19. The van der Waals surface area contributed by atoms with Crippen molar-refractivity contribution >= 4 is 34.9 Å². The normalized spacial score (nSPS) is 13.9. The smallest absolute Gasteiger partial charge is 0.259 e. The molecule has 1 aliphatic heterocycles. The van der Waals surface area contributed by atoms with Gasteiger partial charge in [-0.15, -0.1) is 0 Å². The molecule has 1 saturated heterocycles. The molecule has 3 heterocycles. The highest BCUT2D eigenvalue weighted by atomic mass is 35.5. The topological polar surface area (TPSA) is 126 Å². The van der Waals surface area contributed by atoms with E-state index in [1.807, 2.05) is 6.07 Å². The summed E-state index contributed by atoms with van der Waals surface area (Å²) in [6.07, 6.45) is 5.34. The van der Waals surface area contributed by atoms with Crippen LogP contribution in [0.5, 0.6) is 5.75 Å². The molecule has 2 amide bonds. The summed E-state index contributed by atoms with van der Waals surface area (Å²) in [5.41, 5.74) is 1.30. The van der Waals surface area contributed by atoms with E-state index in [0.717, 1.165) is 25.9 Å². The monoisotopic (exact) mass is 601 g/mol. The molecule has 3 N–H and O–H groups in total. The maximum Gasteiger partial charge on any atom is 0.259 e. The van der Waals surface area contributed by atoms with Crippen LogP contribution < -0.4 is 16.2 Å². The first-order valence-corrected chi connectivity index (χ1v) is 14.3. The average molecular weight is 602 g/mol. The number of phenols is 1. The predicted molar refractivity (Wildman–Crippen MR) is 166 cm³/mol. The minimum atomic E-state index is -0.575. The zero-order valence-electron chi connectivity index (χ0n) is 23.6. The molecular formula is C32H32ClN5O5. The summed E-state index contributed by atoms with van der Waals surface area (Å²) in [6.45, 7) is 2.93. The van der Waals surface area contributed by atoms with Gasteiger partial charge in [-0.2, -0.15) is 0 Å². The number of benzene rings is 2. The van der Waals surface area contributed by atoms with Crippen molar-refractivity contribution in [3.63, 3.8) is 0 Å². The van der Waals surface area contributed by atoms with Crippen LogP contribution >= 0.6 is 11.6 Å². The molecule has 1 fully saturated rings. The number of hydrogen-bond donors (Lipinski definition) is 3.